The molecule has 0 bridgehead atoms. The van der Waals surface area contributed by atoms with Crippen molar-refractivity contribution >= 4 is 11.9 Å². The van der Waals surface area contributed by atoms with Crippen LogP contribution in [0.1, 0.15) is 31.4 Å². The van der Waals surface area contributed by atoms with Gasteiger partial charge in [-0.05, 0) is 25.8 Å². The molecule has 0 aromatic carbocycles. The summed E-state index contributed by atoms with van der Waals surface area (Å²) in [5, 5.41) is 3.78. The van der Waals surface area contributed by atoms with E-state index in [1.165, 1.54) is 4.68 Å². The SMILES string of the molecule is CCOCC(=O)N(C)C1CC(c2c[c]nn2C(N)=O)C1. The number of amides is 2. The minimum atomic E-state index is -0.606. The summed E-state index contributed by atoms with van der Waals surface area (Å²) >= 11 is 0. The Kier molecular flexibility index (Phi) is 4.39. The quantitative estimate of drug-likeness (QED) is 0.842. The normalized spacial score (nSPS) is 21.3. The molecule has 1 radical (unpaired) electrons. The molecular formula is C13H19N4O3. The Hall–Kier alpha value is -1.89. The molecule has 1 fully saturated rings. The number of carbonyl (C=O) groups excluding carboxylic acids is 2. The predicted octanol–water partition coefficient (Wildman–Crippen LogP) is 0.351. The Morgan fingerprint density at radius 3 is 2.90 bits per heavy atom. The standard InChI is InChI=1S/C13H19N4O3/c1-3-20-8-12(18)16(2)10-6-9(7-10)11-4-5-15-17(11)13(14)19/h4,9-10H,3,6-8H2,1-2H3,(H2,14,19). The van der Waals surface area contributed by atoms with Crippen LogP contribution in [-0.4, -0.2) is 52.9 Å². The van der Waals surface area contributed by atoms with E-state index >= 15 is 0 Å². The molecule has 2 amide bonds. The lowest BCUT2D eigenvalue weighted by atomic mass is 9.77. The highest BCUT2D eigenvalue weighted by molar-refractivity contribution is 5.77. The fourth-order valence-corrected chi connectivity index (χ4v) is 2.38. The van der Waals surface area contributed by atoms with Crippen molar-refractivity contribution in [2.75, 3.05) is 20.3 Å². The van der Waals surface area contributed by atoms with Gasteiger partial charge in [-0.1, -0.05) is 0 Å². The number of primary amides is 1. The first-order valence-electron chi connectivity index (χ1n) is 6.63. The number of carbonyl (C=O) groups is 2. The third-order valence-corrected chi connectivity index (χ3v) is 3.73. The highest BCUT2D eigenvalue weighted by Crippen LogP contribution is 2.39. The number of ether oxygens (including phenoxy) is 1. The summed E-state index contributed by atoms with van der Waals surface area (Å²) in [4.78, 5) is 24.7. The first kappa shape index (κ1) is 14.5. The third-order valence-electron chi connectivity index (χ3n) is 3.73. The van der Waals surface area contributed by atoms with Crippen LogP contribution in [0.2, 0.25) is 0 Å². The zero-order chi connectivity index (χ0) is 14.7. The first-order chi connectivity index (χ1) is 9.54. The molecule has 0 atom stereocenters. The van der Waals surface area contributed by atoms with E-state index in [0.717, 1.165) is 18.5 Å². The minimum absolute atomic E-state index is 0.0229. The zero-order valence-corrected chi connectivity index (χ0v) is 11.7. The van der Waals surface area contributed by atoms with Gasteiger partial charge in [-0.2, -0.15) is 9.78 Å². The van der Waals surface area contributed by atoms with Gasteiger partial charge < -0.3 is 15.4 Å². The minimum Gasteiger partial charge on any atom is -0.372 e. The van der Waals surface area contributed by atoms with Crippen LogP contribution in [0.25, 0.3) is 0 Å². The first-order valence-corrected chi connectivity index (χ1v) is 6.63. The second-order valence-electron chi connectivity index (χ2n) is 4.91. The lowest BCUT2D eigenvalue weighted by molar-refractivity contribution is -0.138. The predicted molar refractivity (Wildman–Crippen MR) is 71.1 cm³/mol. The maximum atomic E-state index is 11.8. The van der Waals surface area contributed by atoms with Gasteiger partial charge in [0.05, 0.1) is 5.69 Å². The Morgan fingerprint density at radius 2 is 2.30 bits per heavy atom. The fourth-order valence-electron chi connectivity index (χ4n) is 2.38. The maximum Gasteiger partial charge on any atom is 0.339 e. The molecule has 109 valence electrons. The van der Waals surface area contributed by atoms with Crippen LogP contribution >= 0.6 is 0 Å². The third kappa shape index (κ3) is 2.82. The number of nitrogens with zero attached hydrogens (tertiary/aromatic N) is 3. The van der Waals surface area contributed by atoms with Crippen molar-refractivity contribution in [2.45, 2.75) is 31.7 Å². The van der Waals surface area contributed by atoms with Crippen LogP contribution < -0.4 is 5.73 Å². The molecule has 1 aromatic rings. The monoisotopic (exact) mass is 279 g/mol. The van der Waals surface area contributed by atoms with E-state index in [1.807, 2.05) is 6.92 Å². The molecule has 0 unspecified atom stereocenters. The summed E-state index contributed by atoms with van der Waals surface area (Å²) in [5.41, 5.74) is 6.00. The molecule has 1 aliphatic rings. The van der Waals surface area contributed by atoms with E-state index in [4.69, 9.17) is 10.5 Å². The molecule has 0 saturated heterocycles. The molecule has 7 nitrogen and oxygen atoms in total. The van der Waals surface area contributed by atoms with Crippen molar-refractivity contribution in [1.29, 1.82) is 0 Å². The molecule has 1 aromatic heterocycles. The molecule has 1 saturated carbocycles. The fraction of sp³-hybridized carbons (Fsp3) is 0.615. The van der Waals surface area contributed by atoms with E-state index in [0.29, 0.717) is 6.61 Å². The molecule has 20 heavy (non-hydrogen) atoms. The van der Waals surface area contributed by atoms with Crippen LogP contribution in [0.5, 0.6) is 0 Å². The maximum absolute atomic E-state index is 11.8. The largest absolute Gasteiger partial charge is 0.372 e. The van der Waals surface area contributed by atoms with Gasteiger partial charge >= 0.3 is 6.03 Å². The Labute approximate surface area is 117 Å². The van der Waals surface area contributed by atoms with Crippen molar-refractivity contribution in [3.63, 3.8) is 0 Å². The Balaban J connectivity index is 1.89. The summed E-state index contributed by atoms with van der Waals surface area (Å²) in [6.45, 7) is 2.50. The topological polar surface area (TPSA) is 90.4 Å². The van der Waals surface area contributed by atoms with Gasteiger partial charge in [0.15, 0.2) is 0 Å². The van der Waals surface area contributed by atoms with Crippen LogP contribution in [0.3, 0.4) is 0 Å². The number of rotatable bonds is 5. The number of likely N-dealkylation sites (N-methyl/N-ethyl adjacent to an activating group) is 1. The molecule has 0 aliphatic heterocycles. The Morgan fingerprint density at radius 1 is 1.60 bits per heavy atom. The van der Waals surface area contributed by atoms with Gasteiger partial charge in [-0.3, -0.25) is 4.79 Å². The van der Waals surface area contributed by atoms with E-state index in [9.17, 15) is 9.59 Å². The van der Waals surface area contributed by atoms with Crippen molar-refractivity contribution in [1.82, 2.24) is 14.7 Å². The number of nitrogens with two attached hydrogens (primary N) is 1. The van der Waals surface area contributed by atoms with Crippen LogP contribution in [0.4, 0.5) is 4.79 Å². The summed E-state index contributed by atoms with van der Waals surface area (Å²) in [6.07, 6.45) is 4.22. The molecule has 1 heterocycles. The van der Waals surface area contributed by atoms with Gasteiger partial charge in [-0.15, -0.1) is 0 Å². The lowest BCUT2D eigenvalue weighted by Gasteiger charge is -2.41. The van der Waals surface area contributed by atoms with Gasteiger partial charge in [0.2, 0.25) is 5.91 Å². The number of hydrogen-bond donors (Lipinski definition) is 1. The van der Waals surface area contributed by atoms with Crippen LogP contribution in [0, 0.1) is 6.20 Å². The molecule has 7 heteroatoms. The van der Waals surface area contributed by atoms with Crippen LogP contribution in [-0.2, 0) is 9.53 Å². The van der Waals surface area contributed by atoms with Gasteiger partial charge in [0, 0.05) is 25.6 Å². The smallest absolute Gasteiger partial charge is 0.339 e. The highest BCUT2D eigenvalue weighted by atomic mass is 16.5. The van der Waals surface area contributed by atoms with Crippen molar-refractivity contribution in [3.05, 3.63) is 18.0 Å². The van der Waals surface area contributed by atoms with Gasteiger partial charge in [0.25, 0.3) is 0 Å². The summed E-state index contributed by atoms with van der Waals surface area (Å²) < 4.78 is 6.28. The van der Waals surface area contributed by atoms with E-state index in [-0.39, 0.29) is 24.5 Å². The molecule has 2 N–H and O–H groups in total. The lowest BCUT2D eigenvalue weighted by Crippen LogP contribution is -2.46. The van der Waals surface area contributed by atoms with Gasteiger partial charge in [-0.25, -0.2) is 4.79 Å². The number of hydrogen-bond acceptors (Lipinski definition) is 4. The highest BCUT2D eigenvalue weighted by Gasteiger charge is 2.37. The summed E-state index contributed by atoms with van der Waals surface area (Å²) in [6, 6.07) is 1.24. The second kappa shape index (κ2) is 6.04. The average Bonchev–Trinajstić information content (AvgIpc) is 2.83. The molecular weight excluding hydrogens is 260 g/mol. The molecule has 1 aliphatic carbocycles. The van der Waals surface area contributed by atoms with Crippen LogP contribution in [0.15, 0.2) is 6.07 Å². The molecule has 0 spiro atoms. The van der Waals surface area contributed by atoms with Crippen molar-refractivity contribution in [3.8, 4) is 0 Å². The summed E-state index contributed by atoms with van der Waals surface area (Å²) in [5.74, 6) is 0.166. The van der Waals surface area contributed by atoms with E-state index in [2.05, 4.69) is 11.3 Å². The second-order valence-corrected chi connectivity index (χ2v) is 4.91. The zero-order valence-electron chi connectivity index (χ0n) is 11.7. The summed E-state index contributed by atoms with van der Waals surface area (Å²) in [7, 11) is 1.78. The average molecular weight is 279 g/mol. The van der Waals surface area contributed by atoms with Crippen molar-refractivity contribution < 1.29 is 14.3 Å². The molecule has 2 rings (SSSR count). The van der Waals surface area contributed by atoms with E-state index in [1.54, 1.807) is 18.0 Å². The Bertz CT molecular complexity index is 494. The van der Waals surface area contributed by atoms with Gasteiger partial charge in [0.1, 0.15) is 12.8 Å². The van der Waals surface area contributed by atoms with E-state index < -0.39 is 6.03 Å². The van der Waals surface area contributed by atoms with Crippen molar-refractivity contribution in [2.24, 2.45) is 5.73 Å². The number of aromatic nitrogens is 2.